The van der Waals surface area contributed by atoms with E-state index < -0.39 is 23.9 Å². The van der Waals surface area contributed by atoms with Gasteiger partial charge in [0.25, 0.3) is 0 Å². The van der Waals surface area contributed by atoms with Crippen LogP contribution in [0.15, 0.2) is 0 Å². The lowest BCUT2D eigenvalue weighted by Gasteiger charge is -2.04. The van der Waals surface area contributed by atoms with Crippen LogP contribution in [0.4, 0.5) is 0 Å². The van der Waals surface area contributed by atoms with Crippen molar-refractivity contribution in [2.24, 2.45) is 0 Å². The van der Waals surface area contributed by atoms with E-state index in [-0.39, 0.29) is 25.7 Å². The topological polar surface area (TPSA) is 86.7 Å². The molecule has 0 radical (unpaired) electrons. The smallest absolute Gasteiger partial charge is 0.314 e. The van der Waals surface area contributed by atoms with E-state index in [9.17, 15) is 19.2 Å². The first-order chi connectivity index (χ1) is 13.5. The van der Waals surface area contributed by atoms with Gasteiger partial charge in [-0.15, -0.1) is 0 Å². The Morgan fingerprint density at radius 3 is 1.07 bits per heavy atom. The molecule has 0 fully saturated rings. The predicted molar refractivity (Wildman–Crippen MR) is 107 cm³/mol. The number of ether oxygens (including phenoxy) is 2. The van der Waals surface area contributed by atoms with Crippen LogP contribution in [0.25, 0.3) is 0 Å². The van der Waals surface area contributed by atoms with Gasteiger partial charge in [0.05, 0.1) is 12.8 Å². The minimum atomic E-state index is -0.755. The molecule has 0 spiro atoms. The van der Waals surface area contributed by atoms with Crippen molar-refractivity contribution in [3.05, 3.63) is 0 Å². The van der Waals surface area contributed by atoms with Crippen LogP contribution in [0.2, 0.25) is 0 Å². The first-order valence-corrected chi connectivity index (χ1v) is 11.0. The number of unbranched alkanes of at least 4 members (excludes halogenated alkanes) is 10. The first-order valence-electron chi connectivity index (χ1n) is 11.0. The molecule has 0 N–H and O–H groups in total. The maximum Gasteiger partial charge on any atom is 0.314 e. The summed E-state index contributed by atoms with van der Waals surface area (Å²) in [4.78, 5) is 46.3. The highest BCUT2D eigenvalue weighted by Crippen LogP contribution is 2.10. The van der Waals surface area contributed by atoms with Gasteiger partial charge in [-0.2, -0.15) is 0 Å². The van der Waals surface area contributed by atoms with Crippen molar-refractivity contribution in [2.75, 3.05) is 0 Å². The van der Waals surface area contributed by atoms with Gasteiger partial charge in [-0.1, -0.05) is 78.1 Å². The zero-order valence-corrected chi connectivity index (χ0v) is 17.8. The lowest BCUT2D eigenvalue weighted by Crippen LogP contribution is -2.16. The van der Waals surface area contributed by atoms with Crippen molar-refractivity contribution >= 4 is 23.9 Å². The summed E-state index contributed by atoms with van der Waals surface area (Å²) >= 11 is 0. The number of carbonyl (C=O) groups is 4. The molecule has 6 nitrogen and oxygen atoms in total. The van der Waals surface area contributed by atoms with Crippen LogP contribution in [-0.4, -0.2) is 23.9 Å². The first kappa shape index (κ1) is 26.3. The molecule has 0 aromatic rings. The van der Waals surface area contributed by atoms with Crippen LogP contribution < -0.4 is 0 Å². The highest BCUT2D eigenvalue weighted by atomic mass is 16.6. The van der Waals surface area contributed by atoms with Gasteiger partial charge in [0.1, 0.15) is 0 Å². The van der Waals surface area contributed by atoms with Crippen molar-refractivity contribution in [3.63, 3.8) is 0 Å². The molecule has 0 atom stereocenters. The maximum atomic E-state index is 11.6. The van der Waals surface area contributed by atoms with E-state index in [0.717, 1.165) is 38.5 Å². The van der Waals surface area contributed by atoms with E-state index in [2.05, 4.69) is 23.3 Å². The SMILES string of the molecule is CCCCCCCCCC(=O)OC(=O)CCC(=O)OC(=O)CCCCCCC. The van der Waals surface area contributed by atoms with Crippen LogP contribution in [0.1, 0.15) is 117 Å². The Hall–Kier alpha value is -1.72. The summed E-state index contributed by atoms with van der Waals surface area (Å²) < 4.78 is 9.34. The van der Waals surface area contributed by atoms with Gasteiger partial charge in [-0.25, -0.2) is 0 Å². The Morgan fingerprint density at radius 2 is 0.714 bits per heavy atom. The van der Waals surface area contributed by atoms with Crippen LogP contribution in [0.3, 0.4) is 0 Å². The normalized spacial score (nSPS) is 10.5. The van der Waals surface area contributed by atoms with E-state index in [1.54, 1.807) is 0 Å². The van der Waals surface area contributed by atoms with E-state index in [1.807, 2.05) is 0 Å². The number of rotatable bonds is 17. The predicted octanol–water partition coefficient (Wildman–Crippen LogP) is 5.41. The zero-order valence-electron chi connectivity index (χ0n) is 17.8. The molecule has 0 aromatic heterocycles. The third-order valence-electron chi connectivity index (χ3n) is 4.46. The number of hydrogen-bond donors (Lipinski definition) is 0. The summed E-state index contributed by atoms with van der Waals surface area (Å²) in [6.45, 7) is 4.28. The highest BCUT2D eigenvalue weighted by Gasteiger charge is 2.15. The number of esters is 4. The second-order valence-electron chi connectivity index (χ2n) is 7.23. The zero-order chi connectivity index (χ0) is 21.0. The molecule has 0 saturated heterocycles. The lowest BCUT2D eigenvalue weighted by atomic mass is 10.1. The fraction of sp³-hybridized carbons (Fsp3) is 0.818. The molecule has 0 bridgehead atoms. The molecule has 162 valence electrons. The minimum Gasteiger partial charge on any atom is -0.393 e. The van der Waals surface area contributed by atoms with E-state index in [1.165, 1.54) is 25.7 Å². The summed E-state index contributed by atoms with van der Waals surface area (Å²) in [7, 11) is 0. The van der Waals surface area contributed by atoms with Gasteiger partial charge in [-0.05, 0) is 12.8 Å². The Labute approximate surface area is 169 Å². The fourth-order valence-corrected chi connectivity index (χ4v) is 2.76. The minimum absolute atomic E-state index is 0.205. The molecule has 0 aliphatic carbocycles. The van der Waals surface area contributed by atoms with E-state index in [0.29, 0.717) is 12.8 Å². The van der Waals surface area contributed by atoms with Crippen molar-refractivity contribution in [3.8, 4) is 0 Å². The average molecular weight is 399 g/mol. The molecular weight excluding hydrogens is 360 g/mol. The molecule has 0 amide bonds. The van der Waals surface area contributed by atoms with E-state index >= 15 is 0 Å². The van der Waals surface area contributed by atoms with Gasteiger partial charge in [0.15, 0.2) is 0 Å². The Balaban J connectivity index is 3.68. The van der Waals surface area contributed by atoms with Crippen LogP contribution in [-0.2, 0) is 28.7 Å². The molecule has 0 heterocycles. The second-order valence-corrected chi connectivity index (χ2v) is 7.23. The molecule has 0 unspecified atom stereocenters. The summed E-state index contributed by atoms with van der Waals surface area (Å²) in [6, 6.07) is 0. The molecule has 0 aromatic carbocycles. The summed E-state index contributed by atoms with van der Waals surface area (Å²) in [5, 5.41) is 0. The Kier molecular flexibility index (Phi) is 17.5. The quantitative estimate of drug-likeness (QED) is 0.185. The monoisotopic (exact) mass is 398 g/mol. The third kappa shape index (κ3) is 17.7. The summed E-state index contributed by atoms with van der Waals surface area (Å²) in [6.07, 6.45) is 12.4. The van der Waals surface area contributed by atoms with Crippen molar-refractivity contribution in [1.82, 2.24) is 0 Å². The number of hydrogen-bond acceptors (Lipinski definition) is 6. The summed E-state index contributed by atoms with van der Waals surface area (Å²) in [5.74, 6) is -2.63. The average Bonchev–Trinajstić information content (AvgIpc) is 2.65. The molecule has 0 aliphatic heterocycles. The number of carbonyl (C=O) groups excluding carboxylic acids is 4. The standard InChI is InChI=1S/C22H38O6/c1-3-5-7-9-10-12-14-16-20(24)28-22(26)18-17-21(25)27-19(23)15-13-11-8-6-4-2/h3-18H2,1-2H3. The molecule has 0 saturated carbocycles. The lowest BCUT2D eigenvalue weighted by molar-refractivity contribution is -0.165. The van der Waals surface area contributed by atoms with Crippen molar-refractivity contribution < 1.29 is 28.7 Å². The van der Waals surface area contributed by atoms with Crippen molar-refractivity contribution in [2.45, 2.75) is 117 Å². The molecule has 28 heavy (non-hydrogen) atoms. The maximum absolute atomic E-state index is 11.6. The van der Waals surface area contributed by atoms with Crippen molar-refractivity contribution in [1.29, 1.82) is 0 Å². The second kappa shape index (κ2) is 18.6. The van der Waals surface area contributed by atoms with Gasteiger partial charge >= 0.3 is 23.9 Å². The van der Waals surface area contributed by atoms with Gasteiger partial charge in [-0.3, -0.25) is 19.2 Å². The van der Waals surface area contributed by atoms with Crippen LogP contribution in [0, 0.1) is 0 Å². The highest BCUT2D eigenvalue weighted by molar-refractivity contribution is 5.89. The Morgan fingerprint density at radius 1 is 0.429 bits per heavy atom. The fourth-order valence-electron chi connectivity index (χ4n) is 2.76. The van der Waals surface area contributed by atoms with Gasteiger partial charge in [0, 0.05) is 12.8 Å². The van der Waals surface area contributed by atoms with Crippen LogP contribution >= 0.6 is 0 Å². The van der Waals surface area contributed by atoms with Crippen LogP contribution in [0.5, 0.6) is 0 Å². The molecule has 0 rings (SSSR count). The third-order valence-corrected chi connectivity index (χ3v) is 4.46. The largest absolute Gasteiger partial charge is 0.393 e. The summed E-state index contributed by atoms with van der Waals surface area (Å²) in [5.41, 5.74) is 0. The Bertz CT molecular complexity index is 458. The van der Waals surface area contributed by atoms with Gasteiger partial charge in [0.2, 0.25) is 0 Å². The molecule has 6 heteroatoms. The van der Waals surface area contributed by atoms with Gasteiger partial charge < -0.3 is 9.47 Å². The van der Waals surface area contributed by atoms with E-state index in [4.69, 9.17) is 0 Å². The molecule has 0 aliphatic rings. The molecular formula is C22H38O6.